The number of rotatable bonds is 5. The molecule has 78 valence electrons. The smallest absolute Gasteiger partial charge is 0.204 e. The van der Waals surface area contributed by atoms with E-state index in [1.165, 1.54) is 0 Å². The van der Waals surface area contributed by atoms with Gasteiger partial charge in [0.15, 0.2) is 0 Å². The van der Waals surface area contributed by atoms with Gasteiger partial charge in [0, 0.05) is 6.42 Å². The third-order valence-electron chi connectivity index (χ3n) is 1.89. The molecule has 0 saturated carbocycles. The minimum atomic E-state index is -3.83. The first-order valence-electron chi connectivity index (χ1n) is 4.18. The summed E-state index contributed by atoms with van der Waals surface area (Å²) in [5.74, 6) is -3.83. The molecule has 0 aliphatic carbocycles. The number of alkyl halides is 4. The second-order valence-corrected chi connectivity index (χ2v) is 3.05. The van der Waals surface area contributed by atoms with E-state index in [0.717, 1.165) is 5.57 Å². The lowest BCUT2D eigenvalue weighted by molar-refractivity contribution is -0.133. The lowest BCUT2D eigenvalue weighted by Gasteiger charge is -2.14. The third-order valence-corrected chi connectivity index (χ3v) is 1.89. The van der Waals surface area contributed by atoms with E-state index in [0.29, 0.717) is 6.42 Å². The molecule has 0 atom stereocenters. The average Bonchev–Trinajstić information content (AvgIpc) is 2.03. The molecule has 0 aliphatic heterocycles. The molecular formula is C9H14F4. The highest BCUT2D eigenvalue weighted by molar-refractivity contribution is 4.95. The zero-order valence-electron chi connectivity index (χ0n) is 7.79. The van der Waals surface area contributed by atoms with Gasteiger partial charge in [-0.25, -0.2) is 17.6 Å². The van der Waals surface area contributed by atoms with Crippen molar-refractivity contribution in [3.63, 3.8) is 0 Å². The van der Waals surface area contributed by atoms with Crippen LogP contribution in [-0.2, 0) is 0 Å². The van der Waals surface area contributed by atoms with Gasteiger partial charge in [0.1, 0.15) is 0 Å². The summed E-state index contributed by atoms with van der Waals surface area (Å²) in [7, 11) is 0. The number of halogens is 4. The van der Waals surface area contributed by atoms with Crippen molar-refractivity contribution in [3.05, 3.63) is 11.6 Å². The van der Waals surface area contributed by atoms with Crippen LogP contribution < -0.4 is 0 Å². The second-order valence-electron chi connectivity index (χ2n) is 3.05. The maximum absolute atomic E-state index is 12.3. The molecule has 0 amide bonds. The summed E-state index contributed by atoms with van der Waals surface area (Å²) in [5.41, 5.74) is 0.949. The third kappa shape index (κ3) is 4.90. The maximum Gasteiger partial charge on any atom is 0.307 e. The fraction of sp³-hybridized carbons (Fsp3) is 0.778. The van der Waals surface area contributed by atoms with E-state index >= 15 is 0 Å². The van der Waals surface area contributed by atoms with Crippen molar-refractivity contribution < 1.29 is 17.6 Å². The molecule has 0 rings (SSSR count). The Labute approximate surface area is 75.6 Å². The van der Waals surface area contributed by atoms with Crippen LogP contribution in [0.1, 0.15) is 33.1 Å². The lowest BCUT2D eigenvalue weighted by atomic mass is 10.1. The van der Waals surface area contributed by atoms with Gasteiger partial charge in [0.2, 0.25) is 0 Å². The molecule has 0 unspecified atom stereocenters. The fourth-order valence-electron chi connectivity index (χ4n) is 0.856. The van der Waals surface area contributed by atoms with Crippen LogP contribution >= 0.6 is 0 Å². The van der Waals surface area contributed by atoms with Crippen molar-refractivity contribution in [2.45, 2.75) is 45.5 Å². The van der Waals surface area contributed by atoms with Crippen molar-refractivity contribution in [3.8, 4) is 0 Å². The normalized spacial score (nSPS) is 13.9. The Balaban J connectivity index is 3.76. The Kier molecular flexibility index (Phi) is 5.03. The van der Waals surface area contributed by atoms with Crippen molar-refractivity contribution in [2.75, 3.05) is 0 Å². The van der Waals surface area contributed by atoms with Gasteiger partial charge in [-0.3, -0.25) is 0 Å². The van der Waals surface area contributed by atoms with E-state index in [9.17, 15) is 17.6 Å². The summed E-state index contributed by atoms with van der Waals surface area (Å²) < 4.78 is 48.0. The molecule has 0 aromatic rings. The lowest BCUT2D eigenvalue weighted by Crippen LogP contribution is -2.26. The first-order chi connectivity index (χ1) is 5.90. The summed E-state index contributed by atoms with van der Waals surface area (Å²) in [6.45, 7) is 3.58. The molecule has 0 spiro atoms. The van der Waals surface area contributed by atoms with Crippen LogP contribution in [0.4, 0.5) is 17.6 Å². The minimum absolute atomic E-state index is 0.105. The molecule has 0 aliphatic rings. The van der Waals surface area contributed by atoms with Gasteiger partial charge < -0.3 is 0 Å². The first kappa shape index (κ1) is 12.5. The predicted molar refractivity (Wildman–Crippen MR) is 44.2 cm³/mol. The zero-order valence-corrected chi connectivity index (χ0v) is 7.79. The van der Waals surface area contributed by atoms with E-state index in [-0.39, 0.29) is 6.42 Å². The van der Waals surface area contributed by atoms with Gasteiger partial charge >= 0.3 is 12.3 Å². The molecule has 0 aromatic heterocycles. The summed E-state index contributed by atoms with van der Waals surface area (Å²) in [5, 5.41) is 0. The van der Waals surface area contributed by atoms with Gasteiger partial charge in [-0.1, -0.05) is 11.6 Å². The van der Waals surface area contributed by atoms with E-state index < -0.39 is 18.8 Å². The largest absolute Gasteiger partial charge is 0.307 e. The molecule has 0 nitrogen and oxygen atoms in total. The topological polar surface area (TPSA) is 0 Å². The number of hydrogen-bond donors (Lipinski definition) is 0. The van der Waals surface area contributed by atoms with Crippen LogP contribution in [0.15, 0.2) is 11.6 Å². The molecule has 0 radical (unpaired) electrons. The molecule has 0 aromatic carbocycles. The van der Waals surface area contributed by atoms with E-state index in [1.807, 2.05) is 0 Å². The Hall–Kier alpha value is -0.540. The molecule has 13 heavy (non-hydrogen) atoms. The summed E-state index contributed by atoms with van der Waals surface area (Å²) in [6.07, 6.45) is -1.93. The molecule has 4 heteroatoms. The van der Waals surface area contributed by atoms with Gasteiger partial charge in [-0.15, -0.1) is 0 Å². The van der Waals surface area contributed by atoms with Crippen LogP contribution in [0.25, 0.3) is 0 Å². The molecule has 0 fully saturated rings. The summed E-state index contributed by atoms with van der Waals surface area (Å²) in [4.78, 5) is 0. The number of hydrogen-bond acceptors (Lipinski definition) is 0. The average molecular weight is 198 g/mol. The predicted octanol–water partition coefficient (Wildman–Crippen LogP) is 4.02. The van der Waals surface area contributed by atoms with Crippen LogP contribution in [0.3, 0.4) is 0 Å². The molecule has 0 saturated heterocycles. The zero-order chi connectivity index (χ0) is 10.5. The molecular weight excluding hydrogens is 184 g/mol. The highest BCUT2D eigenvalue weighted by Gasteiger charge is 2.39. The van der Waals surface area contributed by atoms with Crippen LogP contribution in [0.5, 0.6) is 0 Å². The fourth-order valence-corrected chi connectivity index (χ4v) is 0.856. The van der Waals surface area contributed by atoms with Gasteiger partial charge in [-0.2, -0.15) is 0 Å². The van der Waals surface area contributed by atoms with E-state index in [2.05, 4.69) is 0 Å². The highest BCUT2D eigenvalue weighted by Crippen LogP contribution is 2.29. The standard InChI is InChI=1S/C9H14F4/c1-3-7(2)5-4-6-9(12,13)8(10)11/h3,8H,4-6H2,1-2H3/b7-3+. The summed E-state index contributed by atoms with van der Waals surface area (Å²) >= 11 is 0. The SMILES string of the molecule is C/C=C(\C)CCCC(F)(F)C(F)F. The second kappa shape index (κ2) is 5.25. The minimum Gasteiger partial charge on any atom is -0.204 e. The number of allylic oxidation sites excluding steroid dienone is 2. The van der Waals surface area contributed by atoms with Crippen molar-refractivity contribution in [1.29, 1.82) is 0 Å². The van der Waals surface area contributed by atoms with Crippen LogP contribution in [0, 0.1) is 0 Å². The summed E-state index contributed by atoms with van der Waals surface area (Å²) in [6, 6.07) is 0. The molecule has 0 heterocycles. The Bertz CT molecular complexity index is 172. The quantitative estimate of drug-likeness (QED) is 0.462. The Morgan fingerprint density at radius 2 is 1.92 bits per heavy atom. The van der Waals surface area contributed by atoms with Crippen LogP contribution in [0.2, 0.25) is 0 Å². The van der Waals surface area contributed by atoms with Gasteiger partial charge in [-0.05, 0) is 26.7 Å². The van der Waals surface area contributed by atoms with E-state index in [4.69, 9.17) is 0 Å². The first-order valence-corrected chi connectivity index (χ1v) is 4.18. The molecule has 0 N–H and O–H groups in total. The Morgan fingerprint density at radius 1 is 1.38 bits per heavy atom. The van der Waals surface area contributed by atoms with Crippen molar-refractivity contribution >= 4 is 0 Å². The van der Waals surface area contributed by atoms with Gasteiger partial charge in [0.25, 0.3) is 0 Å². The Morgan fingerprint density at radius 3 is 2.31 bits per heavy atom. The van der Waals surface area contributed by atoms with Crippen LogP contribution in [-0.4, -0.2) is 12.3 Å². The monoisotopic (exact) mass is 198 g/mol. The van der Waals surface area contributed by atoms with Crippen molar-refractivity contribution in [1.82, 2.24) is 0 Å². The highest BCUT2D eigenvalue weighted by atomic mass is 19.3. The van der Waals surface area contributed by atoms with E-state index in [1.54, 1.807) is 19.9 Å². The maximum atomic E-state index is 12.3. The molecule has 0 bridgehead atoms. The van der Waals surface area contributed by atoms with Crippen molar-refractivity contribution in [2.24, 2.45) is 0 Å². The van der Waals surface area contributed by atoms with Gasteiger partial charge in [0.05, 0.1) is 0 Å².